The summed E-state index contributed by atoms with van der Waals surface area (Å²) in [7, 11) is 3.06. The third-order valence-corrected chi connectivity index (χ3v) is 4.17. The van der Waals surface area contributed by atoms with Gasteiger partial charge in [0.25, 0.3) is 15.0 Å². The van der Waals surface area contributed by atoms with Gasteiger partial charge in [0.1, 0.15) is 0 Å². The van der Waals surface area contributed by atoms with Gasteiger partial charge in [-0.15, -0.1) is 0 Å². The fourth-order valence-electron chi connectivity index (χ4n) is 1.81. The highest BCUT2D eigenvalue weighted by Gasteiger charge is 2.18. The monoisotopic (exact) mass is 319 g/mol. The predicted octanol–water partition coefficient (Wildman–Crippen LogP) is 1.94. The summed E-state index contributed by atoms with van der Waals surface area (Å²) in [5.41, 5.74) is 0.839. The highest BCUT2D eigenvalue weighted by molar-refractivity contribution is 8.13. The van der Waals surface area contributed by atoms with Gasteiger partial charge in [-0.25, -0.2) is 8.42 Å². The van der Waals surface area contributed by atoms with Gasteiger partial charge in [-0.05, 0) is 31.0 Å². The minimum Gasteiger partial charge on any atom is -0.383 e. The first-order valence-corrected chi connectivity index (χ1v) is 8.48. The molecule has 0 radical (unpaired) electrons. The van der Waals surface area contributed by atoms with E-state index in [1.807, 2.05) is 6.92 Å². The lowest BCUT2D eigenvalue weighted by Crippen LogP contribution is -2.35. The van der Waals surface area contributed by atoms with Crippen LogP contribution in [0.5, 0.6) is 0 Å². The second-order valence-electron chi connectivity index (χ2n) is 4.44. The van der Waals surface area contributed by atoms with Crippen LogP contribution >= 0.6 is 10.7 Å². The van der Waals surface area contributed by atoms with Gasteiger partial charge >= 0.3 is 0 Å². The van der Waals surface area contributed by atoms with Crippen molar-refractivity contribution >= 4 is 25.6 Å². The zero-order valence-corrected chi connectivity index (χ0v) is 13.2. The Morgan fingerprint density at radius 1 is 1.45 bits per heavy atom. The Kier molecular flexibility index (Phi) is 5.98. The summed E-state index contributed by atoms with van der Waals surface area (Å²) in [6, 6.07) is 4.31. The molecule has 5 nitrogen and oxygen atoms in total. The van der Waals surface area contributed by atoms with Gasteiger partial charge in [0.05, 0.1) is 11.5 Å². The molecule has 1 rings (SSSR count). The first-order valence-electron chi connectivity index (χ1n) is 6.17. The molecule has 0 saturated carbocycles. The lowest BCUT2D eigenvalue weighted by molar-refractivity contribution is 0.0905. The molecule has 0 aliphatic carbocycles. The molecule has 0 saturated heterocycles. The zero-order valence-electron chi connectivity index (χ0n) is 11.6. The number of ether oxygens (including phenoxy) is 1. The number of methoxy groups -OCH3 is 1. The van der Waals surface area contributed by atoms with E-state index in [1.54, 1.807) is 19.1 Å². The van der Waals surface area contributed by atoms with Crippen molar-refractivity contribution in [3.05, 3.63) is 29.3 Å². The van der Waals surface area contributed by atoms with Crippen molar-refractivity contribution in [2.75, 3.05) is 13.7 Å². The Morgan fingerprint density at radius 3 is 2.60 bits per heavy atom. The minimum absolute atomic E-state index is 0.0197. The number of rotatable bonds is 6. The summed E-state index contributed by atoms with van der Waals surface area (Å²) in [5, 5.41) is 2.71. The van der Waals surface area contributed by atoms with E-state index in [0.717, 1.165) is 0 Å². The molecular formula is C13H18ClNO4S. The van der Waals surface area contributed by atoms with Crippen molar-refractivity contribution in [2.24, 2.45) is 0 Å². The topological polar surface area (TPSA) is 72.5 Å². The zero-order chi connectivity index (χ0) is 15.3. The van der Waals surface area contributed by atoms with Gasteiger partial charge in [-0.2, -0.15) is 0 Å². The number of carbonyl (C=O) groups excluding carboxylic acids is 1. The highest BCUT2D eigenvalue weighted by Crippen LogP contribution is 2.22. The molecule has 0 aliphatic rings. The van der Waals surface area contributed by atoms with E-state index in [1.165, 1.54) is 13.2 Å². The molecule has 7 heteroatoms. The van der Waals surface area contributed by atoms with Crippen LogP contribution in [0, 0.1) is 0 Å². The molecule has 0 aliphatic heterocycles. The van der Waals surface area contributed by atoms with E-state index in [0.29, 0.717) is 18.6 Å². The van der Waals surface area contributed by atoms with Crippen molar-refractivity contribution in [2.45, 2.75) is 31.2 Å². The number of aryl methyl sites for hydroxylation is 1. The van der Waals surface area contributed by atoms with Crippen molar-refractivity contribution < 1.29 is 17.9 Å². The molecule has 1 N–H and O–H groups in total. The second kappa shape index (κ2) is 7.06. The van der Waals surface area contributed by atoms with Crippen LogP contribution in [0.4, 0.5) is 0 Å². The standard InChI is InChI=1S/C13H18ClNO4S/c1-4-10-5-6-11(7-12(10)20(14,17)18)13(16)15-9(2)8-19-3/h5-7,9H,4,8H2,1-3H3,(H,15,16). The Labute approximate surface area is 123 Å². The first kappa shape index (κ1) is 16.9. The molecule has 1 aromatic carbocycles. The maximum absolute atomic E-state index is 12.0. The molecule has 0 aromatic heterocycles. The van der Waals surface area contributed by atoms with Crippen LogP contribution in [0.3, 0.4) is 0 Å². The average Bonchev–Trinajstić information content (AvgIpc) is 2.37. The van der Waals surface area contributed by atoms with Crippen molar-refractivity contribution in [1.82, 2.24) is 5.32 Å². The van der Waals surface area contributed by atoms with Crippen molar-refractivity contribution in [3.63, 3.8) is 0 Å². The summed E-state index contributed by atoms with van der Waals surface area (Å²) < 4.78 is 28.0. The number of hydrogen-bond donors (Lipinski definition) is 1. The van der Waals surface area contributed by atoms with E-state index >= 15 is 0 Å². The summed E-state index contributed by atoms with van der Waals surface area (Å²) in [5.74, 6) is -0.362. The maximum Gasteiger partial charge on any atom is 0.261 e. The third-order valence-electron chi connectivity index (χ3n) is 2.77. The number of benzene rings is 1. The quantitative estimate of drug-likeness (QED) is 0.813. The van der Waals surface area contributed by atoms with Gasteiger partial charge < -0.3 is 10.1 Å². The molecule has 112 valence electrons. The largest absolute Gasteiger partial charge is 0.383 e. The number of nitrogens with one attached hydrogen (secondary N) is 1. The number of halogens is 1. The molecule has 0 bridgehead atoms. The highest BCUT2D eigenvalue weighted by atomic mass is 35.7. The van der Waals surface area contributed by atoms with E-state index in [4.69, 9.17) is 15.4 Å². The minimum atomic E-state index is -3.87. The molecule has 1 unspecified atom stereocenters. The SMILES string of the molecule is CCc1ccc(C(=O)NC(C)COC)cc1S(=O)(=O)Cl. The second-order valence-corrected chi connectivity index (χ2v) is 6.98. The predicted molar refractivity (Wildman–Crippen MR) is 77.7 cm³/mol. The van der Waals surface area contributed by atoms with E-state index < -0.39 is 9.05 Å². The van der Waals surface area contributed by atoms with Gasteiger partial charge in [-0.3, -0.25) is 4.79 Å². The summed E-state index contributed by atoms with van der Waals surface area (Å²) >= 11 is 0. The van der Waals surface area contributed by atoms with Crippen molar-refractivity contribution in [3.8, 4) is 0 Å². The van der Waals surface area contributed by atoms with Crippen LogP contribution in [0.1, 0.15) is 29.8 Å². The molecular weight excluding hydrogens is 302 g/mol. The van der Waals surface area contributed by atoms with Crippen LogP contribution < -0.4 is 5.32 Å². The van der Waals surface area contributed by atoms with Crippen LogP contribution in [0.25, 0.3) is 0 Å². The van der Waals surface area contributed by atoms with Gasteiger partial charge in [0, 0.05) is 29.4 Å². The van der Waals surface area contributed by atoms with Crippen LogP contribution in [0.2, 0.25) is 0 Å². The first-order chi connectivity index (χ1) is 9.29. The number of amides is 1. The van der Waals surface area contributed by atoms with E-state index in [-0.39, 0.29) is 22.4 Å². The summed E-state index contributed by atoms with van der Waals surface area (Å²) in [6.07, 6.45) is 0.517. The Balaban J connectivity index is 3.06. The Hall–Kier alpha value is -1.11. The maximum atomic E-state index is 12.0. The molecule has 0 heterocycles. The van der Waals surface area contributed by atoms with Crippen molar-refractivity contribution in [1.29, 1.82) is 0 Å². The normalized spacial score (nSPS) is 13.0. The Bertz CT molecular complexity index is 586. The molecule has 1 aromatic rings. The number of carbonyl (C=O) groups is 1. The third kappa shape index (κ3) is 4.47. The van der Waals surface area contributed by atoms with Crippen LogP contribution in [-0.4, -0.2) is 34.1 Å². The summed E-state index contributed by atoms with van der Waals surface area (Å²) in [4.78, 5) is 12.0. The lowest BCUT2D eigenvalue weighted by Gasteiger charge is -2.13. The van der Waals surface area contributed by atoms with Crippen LogP contribution in [0.15, 0.2) is 23.1 Å². The fourth-order valence-corrected chi connectivity index (χ4v) is 3.04. The average molecular weight is 320 g/mol. The number of hydrogen-bond acceptors (Lipinski definition) is 4. The van der Waals surface area contributed by atoms with Gasteiger partial charge in [0.15, 0.2) is 0 Å². The summed E-state index contributed by atoms with van der Waals surface area (Å²) in [6.45, 7) is 3.99. The molecule has 0 fully saturated rings. The van der Waals surface area contributed by atoms with E-state index in [9.17, 15) is 13.2 Å². The lowest BCUT2D eigenvalue weighted by atomic mass is 10.1. The van der Waals surface area contributed by atoms with Gasteiger partial charge in [0.2, 0.25) is 0 Å². The molecule has 0 spiro atoms. The van der Waals surface area contributed by atoms with Gasteiger partial charge in [-0.1, -0.05) is 13.0 Å². The molecule has 1 atom stereocenters. The molecule has 1 amide bonds. The van der Waals surface area contributed by atoms with Crippen LogP contribution in [-0.2, 0) is 20.2 Å². The van der Waals surface area contributed by atoms with E-state index in [2.05, 4.69) is 5.32 Å². The smallest absolute Gasteiger partial charge is 0.261 e. The molecule has 20 heavy (non-hydrogen) atoms. The fraction of sp³-hybridized carbons (Fsp3) is 0.462. The Morgan fingerprint density at radius 2 is 2.10 bits per heavy atom.